The van der Waals surface area contributed by atoms with Gasteiger partial charge in [-0.2, -0.15) is 0 Å². The first kappa shape index (κ1) is 18.6. The molecule has 0 spiro atoms. The third kappa shape index (κ3) is 4.53. The summed E-state index contributed by atoms with van der Waals surface area (Å²) in [7, 11) is 1.83. The highest BCUT2D eigenvalue weighted by Gasteiger charge is 2.21. The number of imidazole rings is 1. The third-order valence-corrected chi connectivity index (χ3v) is 4.29. The van der Waals surface area contributed by atoms with Crippen molar-refractivity contribution in [3.8, 4) is 5.75 Å². The molecule has 1 aromatic heterocycles. The fourth-order valence-electron chi connectivity index (χ4n) is 2.95. The summed E-state index contributed by atoms with van der Waals surface area (Å²) in [6, 6.07) is 11.3. The van der Waals surface area contributed by atoms with Gasteiger partial charge in [0, 0.05) is 19.4 Å². The SMILES string of the molecule is Cc1ccc(OCC(=O)NC(c2cccc(F)c2)c2nccn2C)c(C)c1. The molecule has 1 unspecified atom stereocenters. The van der Waals surface area contributed by atoms with Crippen molar-refractivity contribution in [2.24, 2.45) is 7.05 Å². The van der Waals surface area contributed by atoms with Gasteiger partial charge in [0.15, 0.2) is 6.61 Å². The molecule has 27 heavy (non-hydrogen) atoms. The number of benzene rings is 2. The molecule has 0 radical (unpaired) electrons. The van der Waals surface area contributed by atoms with Gasteiger partial charge in [0.05, 0.1) is 0 Å². The Balaban J connectivity index is 1.76. The summed E-state index contributed by atoms with van der Waals surface area (Å²) in [5, 5.41) is 2.89. The van der Waals surface area contributed by atoms with Crippen LogP contribution < -0.4 is 10.1 Å². The van der Waals surface area contributed by atoms with E-state index >= 15 is 0 Å². The van der Waals surface area contributed by atoms with Crippen LogP contribution in [0, 0.1) is 19.7 Å². The maximum Gasteiger partial charge on any atom is 0.258 e. The van der Waals surface area contributed by atoms with Gasteiger partial charge in [-0.1, -0.05) is 29.8 Å². The fourth-order valence-corrected chi connectivity index (χ4v) is 2.95. The Bertz CT molecular complexity index is 952. The standard InChI is InChI=1S/C21H22FN3O2/c1-14-7-8-18(15(2)11-14)27-13-19(26)24-20(21-23-9-10-25(21)3)16-5-4-6-17(22)12-16/h4-12,20H,13H2,1-3H3,(H,24,26). The minimum Gasteiger partial charge on any atom is -0.484 e. The van der Waals surface area contributed by atoms with Crippen LogP contribution in [0.25, 0.3) is 0 Å². The largest absolute Gasteiger partial charge is 0.484 e. The second kappa shape index (κ2) is 8.03. The number of hydrogen-bond donors (Lipinski definition) is 1. The topological polar surface area (TPSA) is 56.1 Å². The molecule has 0 saturated carbocycles. The lowest BCUT2D eigenvalue weighted by Crippen LogP contribution is -2.34. The fraction of sp³-hybridized carbons (Fsp3) is 0.238. The Hall–Kier alpha value is -3.15. The van der Waals surface area contributed by atoms with Gasteiger partial charge in [0.25, 0.3) is 5.91 Å². The molecule has 0 aliphatic carbocycles. The van der Waals surface area contributed by atoms with E-state index in [1.54, 1.807) is 29.1 Å². The van der Waals surface area contributed by atoms with Crippen LogP contribution >= 0.6 is 0 Å². The van der Waals surface area contributed by atoms with Crippen molar-refractivity contribution in [1.82, 2.24) is 14.9 Å². The molecule has 3 rings (SSSR count). The van der Waals surface area contributed by atoms with E-state index in [9.17, 15) is 9.18 Å². The van der Waals surface area contributed by atoms with Crippen LogP contribution in [0.3, 0.4) is 0 Å². The zero-order valence-corrected chi connectivity index (χ0v) is 15.6. The van der Waals surface area contributed by atoms with Gasteiger partial charge in [-0.15, -0.1) is 0 Å². The number of nitrogens with one attached hydrogen (secondary N) is 1. The van der Waals surface area contributed by atoms with E-state index in [1.807, 2.05) is 39.1 Å². The van der Waals surface area contributed by atoms with Crippen molar-refractivity contribution < 1.29 is 13.9 Å². The van der Waals surface area contributed by atoms with E-state index in [0.29, 0.717) is 17.1 Å². The molecular weight excluding hydrogens is 345 g/mol. The summed E-state index contributed by atoms with van der Waals surface area (Å²) in [6.07, 6.45) is 3.42. The molecule has 1 amide bonds. The van der Waals surface area contributed by atoms with Gasteiger partial charge in [0.2, 0.25) is 0 Å². The molecule has 6 heteroatoms. The number of rotatable bonds is 6. The van der Waals surface area contributed by atoms with Crippen molar-refractivity contribution in [1.29, 1.82) is 0 Å². The Labute approximate surface area is 157 Å². The Morgan fingerprint density at radius 3 is 2.74 bits per heavy atom. The highest BCUT2D eigenvalue weighted by Crippen LogP contribution is 2.22. The molecule has 1 atom stereocenters. The van der Waals surface area contributed by atoms with E-state index in [4.69, 9.17) is 4.74 Å². The minimum absolute atomic E-state index is 0.139. The van der Waals surface area contributed by atoms with Crippen molar-refractivity contribution in [2.75, 3.05) is 6.61 Å². The maximum absolute atomic E-state index is 13.7. The number of nitrogens with zero attached hydrogens (tertiary/aromatic N) is 2. The Morgan fingerprint density at radius 2 is 2.07 bits per heavy atom. The molecule has 5 nitrogen and oxygen atoms in total. The summed E-state index contributed by atoms with van der Waals surface area (Å²) in [5.41, 5.74) is 2.71. The third-order valence-electron chi connectivity index (χ3n) is 4.29. The number of halogens is 1. The molecule has 0 aliphatic heterocycles. The molecule has 0 bridgehead atoms. The average Bonchev–Trinajstić information content (AvgIpc) is 3.04. The molecule has 0 saturated heterocycles. The molecule has 1 N–H and O–H groups in total. The first-order valence-electron chi connectivity index (χ1n) is 8.66. The molecule has 140 valence electrons. The van der Waals surface area contributed by atoms with Crippen LogP contribution in [0.1, 0.15) is 28.6 Å². The van der Waals surface area contributed by atoms with Crippen molar-refractivity contribution in [2.45, 2.75) is 19.9 Å². The number of aryl methyl sites for hydroxylation is 3. The zero-order valence-electron chi connectivity index (χ0n) is 15.6. The van der Waals surface area contributed by atoms with E-state index in [-0.39, 0.29) is 18.3 Å². The number of ether oxygens (including phenoxy) is 1. The molecule has 3 aromatic rings. The summed E-state index contributed by atoms with van der Waals surface area (Å²) in [5.74, 6) is 0.593. The summed E-state index contributed by atoms with van der Waals surface area (Å²) in [6.45, 7) is 3.80. The van der Waals surface area contributed by atoms with Crippen molar-refractivity contribution in [3.63, 3.8) is 0 Å². The van der Waals surface area contributed by atoms with E-state index < -0.39 is 6.04 Å². The van der Waals surface area contributed by atoms with Gasteiger partial charge in [-0.3, -0.25) is 4.79 Å². The molecule has 2 aromatic carbocycles. The average molecular weight is 367 g/mol. The van der Waals surface area contributed by atoms with Gasteiger partial charge < -0.3 is 14.6 Å². The maximum atomic E-state index is 13.7. The quantitative estimate of drug-likeness (QED) is 0.726. The number of carbonyl (C=O) groups excluding carboxylic acids is 1. The Morgan fingerprint density at radius 1 is 1.26 bits per heavy atom. The van der Waals surface area contributed by atoms with Crippen LogP contribution in [-0.4, -0.2) is 22.1 Å². The van der Waals surface area contributed by atoms with Gasteiger partial charge in [-0.25, -0.2) is 9.37 Å². The molecular formula is C21H22FN3O2. The molecule has 0 aliphatic rings. The van der Waals surface area contributed by atoms with Gasteiger partial charge >= 0.3 is 0 Å². The lowest BCUT2D eigenvalue weighted by atomic mass is 10.1. The second-order valence-electron chi connectivity index (χ2n) is 6.51. The number of carbonyl (C=O) groups is 1. The van der Waals surface area contributed by atoms with Crippen LogP contribution in [-0.2, 0) is 11.8 Å². The summed E-state index contributed by atoms with van der Waals surface area (Å²) < 4.78 is 21.1. The van der Waals surface area contributed by atoms with Crippen molar-refractivity contribution in [3.05, 3.63) is 83.2 Å². The first-order valence-corrected chi connectivity index (χ1v) is 8.66. The highest BCUT2D eigenvalue weighted by atomic mass is 19.1. The van der Waals surface area contributed by atoms with Crippen molar-refractivity contribution >= 4 is 5.91 Å². The van der Waals surface area contributed by atoms with E-state index in [2.05, 4.69) is 10.3 Å². The van der Waals surface area contributed by atoms with E-state index in [1.165, 1.54) is 12.1 Å². The second-order valence-corrected chi connectivity index (χ2v) is 6.51. The zero-order chi connectivity index (χ0) is 19.4. The molecule has 1 heterocycles. The summed E-state index contributed by atoms with van der Waals surface area (Å²) in [4.78, 5) is 16.8. The smallest absolute Gasteiger partial charge is 0.258 e. The monoisotopic (exact) mass is 367 g/mol. The van der Waals surface area contributed by atoms with Crippen LogP contribution in [0.4, 0.5) is 4.39 Å². The molecule has 0 fully saturated rings. The minimum atomic E-state index is -0.573. The normalized spacial score (nSPS) is 11.9. The predicted octanol–water partition coefficient (Wildman–Crippen LogP) is 3.46. The predicted molar refractivity (Wildman–Crippen MR) is 101 cm³/mol. The van der Waals surface area contributed by atoms with Gasteiger partial charge in [-0.05, 0) is 43.2 Å². The van der Waals surface area contributed by atoms with Gasteiger partial charge in [0.1, 0.15) is 23.4 Å². The van der Waals surface area contributed by atoms with Crippen LogP contribution in [0.15, 0.2) is 54.9 Å². The highest BCUT2D eigenvalue weighted by molar-refractivity contribution is 5.78. The number of amides is 1. The first-order chi connectivity index (χ1) is 12.9. The lowest BCUT2D eigenvalue weighted by molar-refractivity contribution is -0.123. The number of hydrogen-bond acceptors (Lipinski definition) is 3. The van der Waals surface area contributed by atoms with Crippen LogP contribution in [0.2, 0.25) is 0 Å². The number of aromatic nitrogens is 2. The Kier molecular flexibility index (Phi) is 5.54. The summed E-state index contributed by atoms with van der Waals surface area (Å²) >= 11 is 0. The van der Waals surface area contributed by atoms with E-state index in [0.717, 1.165) is 11.1 Å². The lowest BCUT2D eigenvalue weighted by Gasteiger charge is -2.19. The van der Waals surface area contributed by atoms with Crippen LogP contribution in [0.5, 0.6) is 5.75 Å².